The van der Waals surface area contributed by atoms with Crippen LogP contribution in [0.15, 0.2) is 36.5 Å². The van der Waals surface area contributed by atoms with E-state index in [0.717, 1.165) is 11.3 Å². The van der Waals surface area contributed by atoms with Gasteiger partial charge in [-0.15, -0.1) is 0 Å². The number of aromatic nitrogens is 1. The van der Waals surface area contributed by atoms with E-state index in [0.29, 0.717) is 23.7 Å². The van der Waals surface area contributed by atoms with Crippen molar-refractivity contribution >= 4 is 21.7 Å². The highest BCUT2D eigenvalue weighted by molar-refractivity contribution is 9.09. The Kier molecular flexibility index (Phi) is 5.33. The van der Waals surface area contributed by atoms with Crippen LogP contribution in [-0.2, 0) is 6.61 Å². The molecule has 2 rings (SSSR count). The Bertz CT molecular complexity index is 626. The fourth-order valence-electron chi connectivity index (χ4n) is 1.80. The standard InChI is InChI=1S/C16H16BrNO3/c1-11-3-4-12(18-9-11)10-21-13-5-6-14(15(19)8-17)16(7-13)20-2/h3-7,9H,8,10H2,1-2H3. The lowest BCUT2D eigenvalue weighted by Crippen LogP contribution is -2.04. The van der Waals surface area contributed by atoms with Gasteiger partial charge in [-0.1, -0.05) is 22.0 Å². The Morgan fingerprint density at radius 3 is 2.71 bits per heavy atom. The molecular formula is C16H16BrNO3. The maximum absolute atomic E-state index is 11.7. The van der Waals surface area contributed by atoms with E-state index >= 15 is 0 Å². The van der Waals surface area contributed by atoms with E-state index in [1.54, 1.807) is 24.4 Å². The highest BCUT2D eigenvalue weighted by Gasteiger charge is 2.12. The van der Waals surface area contributed by atoms with Crippen molar-refractivity contribution < 1.29 is 14.3 Å². The summed E-state index contributed by atoms with van der Waals surface area (Å²) in [5.74, 6) is 1.12. The van der Waals surface area contributed by atoms with Crippen LogP contribution in [0.25, 0.3) is 0 Å². The molecule has 0 spiro atoms. The molecule has 0 aliphatic heterocycles. The third-order valence-corrected chi connectivity index (χ3v) is 3.46. The van der Waals surface area contributed by atoms with Gasteiger partial charge in [0.2, 0.25) is 0 Å². The number of rotatable bonds is 6. The maximum atomic E-state index is 11.7. The summed E-state index contributed by atoms with van der Waals surface area (Å²) < 4.78 is 10.9. The summed E-state index contributed by atoms with van der Waals surface area (Å²) in [5.41, 5.74) is 2.49. The predicted octanol–water partition coefficient (Wildman–Crippen LogP) is 3.56. The molecule has 1 aromatic carbocycles. The number of halogens is 1. The van der Waals surface area contributed by atoms with Crippen LogP contribution in [0.3, 0.4) is 0 Å². The third kappa shape index (κ3) is 4.04. The number of nitrogens with zero attached hydrogens (tertiary/aromatic N) is 1. The van der Waals surface area contributed by atoms with Gasteiger partial charge in [-0.05, 0) is 30.7 Å². The van der Waals surface area contributed by atoms with Gasteiger partial charge in [0.05, 0.1) is 23.7 Å². The van der Waals surface area contributed by atoms with Crippen LogP contribution in [0.4, 0.5) is 0 Å². The number of ketones is 1. The fourth-order valence-corrected chi connectivity index (χ4v) is 2.11. The summed E-state index contributed by atoms with van der Waals surface area (Å²) >= 11 is 3.16. The Hall–Kier alpha value is -1.88. The molecule has 110 valence electrons. The SMILES string of the molecule is COc1cc(OCc2ccc(C)cn2)ccc1C(=O)CBr. The van der Waals surface area contributed by atoms with Gasteiger partial charge in [0.1, 0.15) is 18.1 Å². The quantitative estimate of drug-likeness (QED) is 0.591. The van der Waals surface area contributed by atoms with Crippen molar-refractivity contribution in [2.75, 3.05) is 12.4 Å². The molecule has 2 aromatic rings. The number of carbonyl (C=O) groups is 1. The number of hydrogen-bond acceptors (Lipinski definition) is 4. The maximum Gasteiger partial charge on any atom is 0.177 e. The zero-order chi connectivity index (χ0) is 15.2. The summed E-state index contributed by atoms with van der Waals surface area (Å²) in [6, 6.07) is 9.09. The molecule has 0 radical (unpaired) electrons. The molecule has 0 saturated carbocycles. The second-order valence-corrected chi connectivity index (χ2v) is 5.10. The zero-order valence-electron chi connectivity index (χ0n) is 11.9. The zero-order valence-corrected chi connectivity index (χ0v) is 13.5. The molecule has 0 bridgehead atoms. The normalized spacial score (nSPS) is 10.2. The fraction of sp³-hybridized carbons (Fsp3) is 0.250. The second-order valence-electron chi connectivity index (χ2n) is 4.53. The van der Waals surface area contributed by atoms with Crippen LogP contribution in [0.1, 0.15) is 21.6 Å². The number of hydrogen-bond donors (Lipinski definition) is 0. The topological polar surface area (TPSA) is 48.4 Å². The van der Waals surface area contributed by atoms with Gasteiger partial charge in [0, 0.05) is 12.3 Å². The van der Waals surface area contributed by atoms with E-state index in [1.165, 1.54) is 7.11 Å². The number of ether oxygens (including phenoxy) is 2. The molecule has 4 nitrogen and oxygen atoms in total. The van der Waals surface area contributed by atoms with Crippen molar-refractivity contribution in [2.45, 2.75) is 13.5 Å². The first-order valence-electron chi connectivity index (χ1n) is 6.45. The predicted molar refractivity (Wildman–Crippen MR) is 84.4 cm³/mol. The average Bonchev–Trinajstić information content (AvgIpc) is 2.53. The smallest absolute Gasteiger partial charge is 0.177 e. The summed E-state index contributed by atoms with van der Waals surface area (Å²) in [6.45, 7) is 2.36. The highest BCUT2D eigenvalue weighted by Crippen LogP contribution is 2.26. The molecule has 1 heterocycles. The molecule has 1 aromatic heterocycles. The molecule has 0 saturated heterocycles. The van der Waals surface area contributed by atoms with Gasteiger partial charge in [-0.25, -0.2) is 0 Å². The minimum absolute atomic E-state index is 0.0291. The molecule has 0 fully saturated rings. The van der Waals surface area contributed by atoms with Gasteiger partial charge >= 0.3 is 0 Å². The van der Waals surface area contributed by atoms with Crippen molar-refractivity contribution in [3.8, 4) is 11.5 Å². The highest BCUT2D eigenvalue weighted by atomic mass is 79.9. The van der Waals surface area contributed by atoms with E-state index in [4.69, 9.17) is 9.47 Å². The third-order valence-electron chi connectivity index (χ3n) is 2.95. The van der Waals surface area contributed by atoms with E-state index < -0.39 is 0 Å². The molecule has 0 aliphatic carbocycles. The lowest BCUT2D eigenvalue weighted by atomic mass is 10.1. The molecular weight excluding hydrogens is 334 g/mol. The molecule has 5 heteroatoms. The second kappa shape index (κ2) is 7.22. The van der Waals surface area contributed by atoms with Gasteiger partial charge in [0.25, 0.3) is 0 Å². The van der Waals surface area contributed by atoms with Crippen LogP contribution < -0.4 is 9.47 Å². The summed E-state index contributed by atoms with van der Waals surface area (Å²) in [4.78, 5) is 16.0. The minimum atomic E-state index is -0.0291. The van der Waals surface area contributed by atoms with E-state index in [1.807, 2.05) is 19.1 Å². The van der Waals surface area contributed by atoms with Gasteiger partial charge in [-0.3, -0.25) is 9.78 Å². The first-order chi connectivity index (χ1) is 10.1. The van der Waals surface area contributed by atoms with Crippen molar-refractivity contribution in [3.63, 3.8) is 0 Å². The number of aryl methyl sites for hydroxylation is 1. The first-order valence-corrected chi connectivity index (χ1v) is 7.57. The van der Waals surface area contributed by atoms with E-state index in [2.05, 4.69) is 20.9 Å². The lowest BCUT2D eigenvalue weighted by molar-refractivity contribution is 0.102. The number of Topliss-reactive ketones (excluding diaryl/α,β-unsaturated/α-hetero) is 1. The monoisotopic (exact) mass is 349 g/mol. The van der Waals surface area contributed by atoms with Crippen LogP contribution in [0.2, 0.25) is 0 Å². The van der Waals surface area contributed by atoms with Crippen molar-refractivity contribution in [2.24, 2.45) is 0 Å². The molecule has 0 N–H and O–H groups in total. The van der Waals surface area contributed by atoms with Crippen molar-refractivity contribution in [1.82, 2.24) is 4.98 Å². The largest absolute Gasteiger partial charge is 0.496 e. The van der Waals surface area contributed by atoms with E-state index in [9.17, 15) is 4.79 Å². The molecule has 0 unspecified atom stereocenters. The molecule has 0 aliphatic rings. The van der Waals surface area contributed by atoms with Crippen LogP contribution in [0, 0.1) is 6.92 Å². The van der Waals surface area contributed by atoms with Crippen LogP contribution >= 0.6 is 15.9 Å². The average molecular weight is 350 g/mol. The summed E-state index contributed by atoms with van der Waals surface area (Å²) in [5, 5.41) is 0.261. The Balaban J connectivity index is 2.10. The summed E-state index contributed by atoms with van der Waals surface area (Å²) in [7, 11) is 1.53. The number of benzene rings is 1. The van der Waals surface area contributed by atoms with E-state index in [-0.39, 0.29) is 11.1 Å². The van der Waals surface area contributed by atoms with Gasteiger partial charge in [0.15, 0.2) is 5.78 Å². The molecule has 0 amide bonds. The minimum Gasteiger partial charge on any atom is -0.496 e. The Labute approximate surface area is 132 Å². The van der Waals surface area contributed by atoms with Crippen molar-refractivity contribution in [1.29, 1.82) is 0 Å². The molecule has 21 heavy (non-hydrogen) atoms. The molecule has 0 atom stereocenters. The number of pyridine rings is 1. The van der Waals surface area contributed by atoms with Crippen molar-refractivity contribution in [3.05, 3.63) is 53.3 Å². The number of carbonyl (C=O) groups excluding carboxylic acids is 1. The van der Waals surface area contributed by atoms with Gasteiger partial charge < -0.3 is 9.47 Å². The Morgan fingerprint density at radius 1 is 1.29 bits per heavy atom. The lowest BCUT2D eigenvalue weighted by Gasteiger charge is -2.10. The number of methoxy groups -OCH3 is 1. The number of alkyl halides is 1. The summed E-state index contributed by atoms with van der Waals surface area (Å²) in [6.07, 6.45) is 1.80. The van der Waals surface area contributed by atoms with Gasteiger partial charge in [-0.2, -0.15) is 0 Å². The van der Waals surface area contributed by atoms with Crippen LogP contribution in [-0.4, -0.2) is 23.2 Å². The first kappa shape index (κ1) is 15.5. The van der Waals surface area contributed by atoms with Crippen LogP contribution in [0.5, 0.6) is 11.5 Å². The Morgan fingerprint density at radius 2 is 2.10 bits per heavy atom.